The predicted molar refractivity (Wildman–Crippen MR) is 67.6 cm³/mol. The zero-order valence-electron chi connectivity index (χ0n) is 9.30. The van der Waals surface area contributed by atoms with Gasteiger partial charge in [0.15, 0.2) is 0 Å². The van der Waals surface area contributed by atoms with Crippen LogP contribution in [0.25, 0.3) is 10.8 Å². The van der Waals surface area contributed by atoms with Gasteiger partial charge in [-0.2, -0.15) is 0 Å². The lowest BCUT2D eigenvalue weighted by Crippen LogP contribution is -1.93. The van der Waals surface area contributed by atoms with Gasteiger partial charge < -0.3 is 0 Å². The van der Waals surface area contributed by atoms with Crippen molar-refractivity contribution < 1.29 is 0 Å². The van der Waals surface area contributed by atoms with Crippen LogP contribution in [-0.2, 0) is 6.42 Å². The van der Waals surface area contributed by atoms with E-state index in [1.165, 1.54) is 10.9 Å². The fraction of sp³-hybridized carbons (Fsp3) is 0.0667. The first-order valence-electron chi connectivity index (χ1n) is 5.57. The minimum atomic E-state index is 0.809. The summed E-state index contributed by atoms with van der Waals surface area (Å²) in [6.07, 6.45) is 6.31. The number of rotatable bonds is 2. The summed E-state index contributed by atoms with van der Waals surface area (Å²) in [5, 5.41) is 2.28. The molecule has 0 unspecified atom stereocenters. The summed E-state index contributed by atoms with van der Waals surface area (Å²) in [4.78, 5) is 8.58. The van der Waals surface area contributed by atoms with Crippen LogP contribution in [-0.4, -0.2) is 9.97 Å². The predicted octanol–water partition coefficient (Wildman–Crippen LogP) is 3.02. The second-order valence-corrected chi connectivity index (χ2v) is 3.93. The van der Waals surface area contributed by atoms with Gasteiger partial charge in [-0.05, 0) is 29.1 Å². The van der Waals surface area contributed by atoms with E-state index in [0.717, 1.165) is 17.5 Å². The molecular formula is C15H11N2. The van der Waals surface area contributed by atoms with Gasteiger partial charge in [-0.15, -0.1) is 0 Å². The van der Waals surface area contributed by atoms with E-state index >= 15 is 0 Å². The van der Waals surface area contributed by atoms with Crippen LogP contribution in [0.4, 0.5) is 0 Å². The second-order valence-electron chi connectivity index (χ2n) is 3.93. The monoisotopic (exact) mass is 219 g/mol. The maximum atomic E-state index is 4.45. The van der Waals surface area contributed by atoms with Crippen LogP contribution >= 0.6 is 0 Å². The van der Waals surface area contributed by atoms with Crippen LogP contribution in [0.1, 0.15) is 11.3 Å². The Balaban J connectivity index is 2.06. The lowest BCUT2D eigenvalue weighted by molar-refractivity contribution is 1.08. The van der Waals surface area contributed by atoms with E-state index in [1.54, 1.807) is 6.20 Å². The van der Waals surface area contributed by atoms with Gasteiger partial charge in [-0.1, -0.05) is 24.3 Å². The molecule has 0 fully saturated rings. The molecule has 0 bridgehead atoms. The van der Waals surface area contributed by atoms with Crippen molar-refractivity contribution in [2.45, 2.75) is 6.42 Å². The molecule has 2 aromatic heterocycles. The molecule has 0 aliphatic heterocycles. The molecule has 1 radical (unpaired) electrons. The third-order valence-electron chi connectivity index (χ3n) is 2.76. The first kappa shape index (κ1) is 9.97. The lowest BCUT2D eigenvalue weighted by Gasteiger charge is -2.04. The summed E-state index contributed by atoms with van der Waals surface area (Å²) in [5.74, 6) is 0. The smallest absolute Gasteiger partial charge is 0.0526 e. The van der Waals surface area contributed by atoms with Crippen LogP contribution < -0.4 is 0 Å². The molecule has 1 aromatic carbocycles. The molecule has 0 amide bonds. The van der Waals surface area contributed by atoms with Crippen LogP contribution in [0.15, 0.2) is 55.0 Å². The van der Waals surface area contributed by atoms with Crippen LogP contribution in [0.5, 0.6) is 0 Å². The standard InChI is InChI=1S/C15H11N2/c1-2-6-14-13(5-1)7-9-17-15(14)10-12-4-3-8-16-11-12/h1-4,6-9,11H,10H2. The highest BCUT2D eigenvalue weighted by Crippen LogP contribution is 2.18. The molecule has 81 valence electrons. The van der Waals surface area contributed by atoms with Crippen LogP contribution in [0.3, 0.4) is 0 Å². The molecule has 0 spiro atoms. The first-order chi connectivity index (χ1) is 8.43. The number of nitrogens with zero attached hydrogens (tertiary/aromatic N) is 2. The van der Waals surface area contributed by atoms with Crippen LogP contribution in [0, 0.1) is 6.07 Å². The summed E-state index contributed by atoms with van der Waals surface area (Å²) >= 11 is 0. The minimum Gasteiger partial charge on any atom is -0.264 e. The molecule has 0 N–H and O–H groups in total. The maximum Gasteiger partial charge on any atom is 0.0526 e. The third kappa shape index (κ3) is 2.02. The summed E-state index contributed by atoms with van der Waals surface area (Å²) in [5.41, 5.74) is 2.25. The third-order valence-corrected chi connectivity index (χ3v) is 2.76. The minimum absolute atomic E-state index is 0.809. The van der Waals surface area contributed by atoms with Gasteiger partial charge >= 0.3 is 0 Å². The molecule has 3 rings (SSSR count). The molecule has 0 aliphatic carbocycles. The maximum absolute atomic E-state index is 4.45. The number of aromatic nitrogens is 2. The number of hydrogen-bond acceptors (Lipinski definition) is 2. The number of fused-ring (bicyclic) bond motifs is 1. The Bertz CT molecular complexity index is 627. The average molecular weight is 219 g/mol. The van der Waals surface area contributed by atoms with Crippen molar-refractivity contribution in [3.8, 4) is 0 Å². The van der Waals surface area contributed by atoms with Crippen molar-refractivity contribution in [2.75, 3.05) is 0 Å². The van der Waals surface area contributed by atoms with E-state index in [1.807, 2.05) is 36.7 Å². The van der Waals surface area contributed by atoms with Gasteiger partial charge in [0.05, 0.1) is 5.69 Å². The number of hydrogen-bond donors (Lipinski definition) is 0. The average Bonchev–Trinajstić information content (AvgIpc) is 2.40. The zero-order valence-corrected chi connectivity index (χ0v) is 9.30. The van der Waals surface area contributed by atoms with Crippen LogP contribution in [0.2, 0.25) is 0 Å². The van der Waals surface area contributed by atoms with Crippen molar-refractivity contribution in [3.05, 3.63) is 72.3 Å². The van der Waals surface area contributed by atoms with Gasteiger partial charge in [-0.25, -0.2) is 0 Å². The van der Waals surface area contributed by atoms with Crippen molar-refractivity contribution >= 4 is 10.8 Å². The second kappa shape index (κ2) is 4.34. The molecular weight excluding hydrogens is 208 g/mol. The zero-order chi connectivity index (χ0) is 11.5. The first-order valence-corrected chi connectivity index (χ1v) is 5.57. The lowest BCUT2D eigenvalue weighted by atomic mass is 10.1. The Kier molecular flexibility index (Phi) is 2.54. The van der Waals surface area contributed by atoms with E-state index in [4.69, 9.17) is 0 Å². The van der Waals surface area contributed by atoms with E-state index in [9.17, 15) is 0 Å². The highest BCUT2D eigenvalue weighted by atomic mass is 14.7. The Hall–Kier alpha value is -2.22. The summed E-state index contributed by atoms with van der Waals surface area (Å²) < 4.78 is 0. The normalized spacial score (nSPS) is 10.6. The Labute approximate surface area is 100.0 Å². The molecule has 17 heavy (non-hydrogen) atoms. The fourth-order valence-electron chi connectivity index (χ4n) is 1.95. The van der Waals surface area contributed by atoms with E-state index in [0.29, 0.717) is 0 Å². The van der Waals surface area contributed by atoms with E-state index < -0.39 is 0 Å². The summed E-state index contributed by atoms with van der Waals surface area (Å²) in [6, 6.07) is 15.2. The van der Waals surface area contributed by atoms with Crippen molar-refractivity contribution in [3.63, 3.8) is 0 Å². The summed E-state index contributed by atoms with van der Waals surface area (Å²) in [6.45, 7) is 0. The molecule has 0 saturated heterocycles. The van der Waals surface area contributed by atoms with Gasteiger partial charge in [0, 0.05) is 30.4 Å². The molecule has 2 heteroatoms. The Morgan fingerprint density at radius 1 is 1.06 bits per heavy atom. The van der Waals surface area contributed by atoms with Crippen molar-refractivity contribution in [1.82, 2.24) is 9.97 Å². The number of pyridine rings is 2. The molecule has 0 atom stereocenters. The highest BCUT2D eigenvalue weighted by molar-refractivity contribution is 5.83. The molecule has 0 aliphatic rings. The fourth-order valence-corrected chi connectivity index (χ4v) is 1.95. The van der Waals surface area contributed by atoms with Crippen molar-refractivity contribution in [1.29, 1.82) is 0 Å². The molecule has 2 nitrogen and oxygen atoms in total. The van der Waals surface area contributed by atoms with Crippen molar-refractivity contribution in [2.24, 2.45) is 0 Å². The Morgan fingerprint density at radius 3 is 2.94 bits per heavy atom. The van der Waals surface area contributed by atoms with E-state index in [-0.39, 0.29) is 0 Å². The van der Waals surface area contributed by atoms with Gasteiger partial charge in [0.2, 0.25) is 0 Å². The van der Waals surface area contributed by atoms with Gasteiger partial charge in [0.1, 0.15) is 0 Å². The topological polar surface area (TPSA) is 25.8 Å². The summed E-state index contributed by atoms with van der Waals surface area (Å²) in [7, 11) is 0. The quantitative estimate of drug-likeness (QED) is 0.662. The Morgan fingerprint density at radius 2 is 2.06 bits per heavy atom. The molecule has 3 aromatic rings. The SMILES string of the molecule is [c]1cccc2c(Cc3cccnc3)nccc12. The van der Waals surface area contributed by atoms with Gasteiger partial charge in [0.25, 0.3) is 0 Å². The molecule has 2 heterocycles. The van der Waals surface area contributed by atoms with Gasteiger partial charge in [-0.3, -0.25) is 9.97 Å². The number of benzene rings is 1. The van der Waals surface area contributed by atoms with E-state index in [2.05, 4.69) is 28.2 Å². The largest absolute Gasteiger partial charge is 0.264 e. The highest BCUT2D eigenvalue weighted by Gasteiger charge is 2.02. The molecule has 0 saturated carbocycles.